The van der Waals surface area contributed by atoms with E-state index in [0.717, 1.165) is 5.75 Å². The molecule has 0 amide bonds. The van der Waals surface area contributed by atoms with Crippen molar-refractivity contribution in [2.75, 3.05) is 7.11 Å². The Morgan fingerprint density at radius 1 is 1.20 bits per heavy atom. The van der Waals surface area contributed by atoms with Crippen molar-refractivity contribution >= 4 is 0 Å². The van der Waals surface area contributed by atoms with Crippen LogP contribution in [0.15, 0.2) is 24.3 Å². The van der Waals surface area contributed by atoms with Gasteiger partial charge in [-0.05, 0) is 18.6 Å². The molecular formula is C8H10OZn. The zero-order valence-corrected chi connectivity index (χ0v) is 9.39. The van der Waals surface area contributed by atoms with Crippen molar-refractivity contribution < 1.29 is 24.2 Å². The first-order valence-corrected chi connectivity index (χ1v) is 2.94. The molecule has 0 aliphatic carbocycles. The maximum Gasteiger partial charge on any atom is 0.121 e. The summed E-state index contributed by atoms with van der Waals surface area (Å²) in [6.45, 7) is 2.03. The second-order valence-corrected chi connectivity index (χ2v) is 1.97. The number of aryl methyl sites for hydroxylation is 1. The van der Waals surface area contributed by atoms with Gasteiger partial charge in [0.15, 0.2) is 0 Å². The van der Waals surface area contributed by atoms with Gasteiger partial charge in [-0.1, -0.05) is 18.2 Å². The Kier molecular flexibility index (Phi) is 4.30. The number of hydrogen-bond acceptors (Lipinski definition) is 1. The molecule has 1 aromatic carbocycles. The van der Waals surface area contributed by atoms with E-state index < -0.39 is 0 Å². The number of methoxy groups -OCH3 is 1. The van der Waals surface area contributed by atoms with Crippen molar-refractivity contribution in [3.63, 3.8) is 0 Å². The summed E-state index contributed by atoms with van der Waals surface area (Å²) < 4.78 is 5.04. The minimum atomic E-state index is 0. The van der Waals surface area contributed by atoms with Crippen molar-refractivity contribution in [2.24, 2.45) is 0 Å². The molecule has 0 aromatic heterocycles. The van der Waals surface area contributed by atoms with Crippen LogP contribution in [0.5, 0.6) is 5.75 Å². The molecule has 1 nitrogen and oxygen atoms in total. The van der Waals surface area contributed by atoms with Gasteiger partial charge in [0.2, 0.25) is 0 Å². The van der Waals surface area contributed by atoms with Crippen molar-refractivity contribution in [2.45, 2.75) is 6.92 Å². The van der Waals surface area contributed by atoms with E-state index >= 15 is 0 Å². The third-order valence-corrected chi connectivity index (χ3v) is 1.31. The molecule has 1 aromatic rings. The molecule has 50 valence electrons. The van der Waals surface area contributed by atoms with Crippen LogP contribution in [-0.4, -0.2) is 7.11 Å². The molecule has 2 heteroatoms. The number of rotatable bonds is 1. The zero-order valence-electron chi connectivity index (χ0n) is 6.42. The molecule has 0 atom stereocenters. The predicted molar refractivity (Wildman–Crippen MR) is 37.7 cm³/mol. The molecule has 0 aliphatic rings. The molecular weight excluding hydrogens is 177 g/mol. The van der Waals surface area contributed by atoms with Gasteiger partial charge in [-0.2, -0.15) is 0 Å². The summed E-state index contributed by atoms with van der Waals surface area (Å²) in [5.74, 6) is 0.956. The normalized spacial score (nSPS) is 8.20. The average molecular weight is 188 g/mol. The fraction of sp³-hybridized carbons (Fsp3) is 0.250. The zero-order chi connectivity index (χ0) is 6.69. The van der Waals surface area contributed by atoms with Gasteiger partial charge in [-0.25, -0.2) is 0 Å². The minimum absolute atomic E-state index is 0. The third-order valence-electron chi connectivity index (χ3n) is 1.31. The summed E-state index contributed by atoms with van der Waals surface area (Å²) in [5.41, 5.74) is 1.18. The summed E-state index contributed by atoms with van der Waals surface area (Å²) in [4.78, 5) is 0. The Balaban J connectivity index is 0.000000810. The Morgan fingerprint density at radius 3 is 2.20 bits per heavy atom. The van der Waals surface area contributed by atoms with Gasteiger partial charge < -0.3 is 4.74 Å². The molecule has 10 heavy (non-hydrogen) atoms. The average Bonchev–Trinajstić information content (AvgIpc) is 1.89. The van der Waals surface area contributed by atoms with Gasteiger partial charge in [0.05, 0.1) is 7.11 Å². The van der Waals surface area contributed by atoms with Crippen LogP contribution < -0.4 is 4.74 Å². The van der Waals surface area contributed by atoms with Crippen LogP contribution in [0.4, 0.5) is 0 Å². The maximum absolute atomic E-state index is 5.04. The molecule has 0 bridgehead atoms. The summed E-state index contributed by atoms with van der Waals surface area (Å²) in [5, 5.41) is 0. The van der Waals surface area contributed by atoms with Gasteiger partial charge in [-0.15, -0.1) is 0 Å². The van der Waals surface area contributed by atoms with E-state index in [1.165, 1.54) is 5.56 Å². The van der Waals surface area contributed by atoms with Crippen LogP contribution in [-0.2, 0) is 19.5 Å². The number of para-hydroxylation sites is 1. The number of benzene rings is 1. The molecule has 1 rings (SSSR count). The second-order valence-electron chi connectivity index (χ2n) is 1.97. The van der Waals surface area contributed by atoms with E-state index in [2.05, 4.69) is 0 Å². The Morgan fingerprint density at radius 2 is 1.80 bits per heavy atom. The summed E-state index contributed by atoms with van der Waals surface area (Å²) in [6, 6.07) is 7.94. The Labute approximate surface area is 74.2 Å². The number of hydrogen-bond donors (Lipinski definition) is 0. The van der Waals surface area contributed by atoms with Gasteiger partial charge in [0.25, 0.3) is 0 Å². The van der Waals surface area contributed by atoms with E-state index in [1.54, 1.807) is 7.11 Å². The van der Waals surface area contributed by atoms with Crippen LogP contribution in [0.25, 0.3) is 0 Å². The van der Waals surface area contributed by atoms with Gasteiger partial charge in [0.1, 0.15) is 5.75 Å². The quantitative estimate of drug-likeness (QED) is 0.611. The van der Waals surface area contributed by atoms with E-state index in [1.807, 2.05) is 31.2 Å². The molecule has 0 spiro atoms. The van der Waals surface area contributed by atoms with E-state index in [-0.39, 0.29) is 19.5 Å². The largest absolute Gasteiger partial charge is 0.496 e. The Bertz CT molecular complexity index is 198. The van der Waals surface area contributed by atoms with Gasteiger partial charge in [0, 0.05) is 19.5 Å². The van der Waals surface area contributed by atoms with Crippen LogP contribution in [0, 0.1) is 6.92 Å². The first-order valence-electron chi connectivity index (χ1n) is 2.94. The molecule has 0 aliphatic heterocycles. The standard InChI is InChI=1S/C8H10O.Zn/c1-7-5-3-4-6-8(7)9-2;/h3-6H,1-2H3;. The predicted octanol–water partition coefficient (Wildman–Crippen LogP) is 2.00. The third kappa shape index (κ3) is 2.11. The molecule has 0 saturated heterocycles. The molecule has 0 radical (unpaired) electrons. The molecule has 0 heterocycles. The fourth-order valence-corrected chi connectivity index (χ4v) is 0.785. The smallest absolute Gasteiger partial charge is 0.121 e. The summed E-state index contributed by atoms with van der Waals surface area (Å²) in [7, 11) is 1.68. The fourth-order valence-electron chi connectivity index (χ4n) is 0.785. The Hall–Kier alpha value is -0.357. The summed E-state index contributed by atoms with van der Waals surface area (Å²) in [6.07, 6.45) is 0. The van der Waals surface area contributed by atoms with E-state index in [0.29, 0.717) is 0 Å². The minimum Gasteiger partial charge on any atom is -0.496 e. The van der Waals surface area contributed by atoms with Gasteiger partial charge in [-0.3, -0.25) is 0 Å². The SMILES string of the molecule is COc1ccccc1C.[Zn]. The van der Waals surface area contributed by atoms with Crippen molar-refractivity contribution in [1.29, 1.82) is 0 Å². The van der Waals surface area contributed by atoms with E-state index in [9.17, 15) is 0 Å². The van der Waals surface area contributed by atoms with Crippen LogP contribution in [0.2, 0.25) is 0 Å². The van der Waals surface area contributed by atoms with Crippen molar-refractivity contribution in [3.8, 4) is 5.75 Å². The van der Waals surface area contributed by atoms with Crippen LogP contribution in [0.1, 0.15) is 5.56 Å². The topological polar surface area (TPSA) is 9.23 Å². The molecule has 0 N–H and O–H groups in total. The van der Waals surface area contributed by atoms with Gasteiger partial charge >= 0.3 is 0 Å². The summed E-state index contributed by atoms with van der Waals surface area (Å²) >= 11 is 0. The van der Waals surface area contributed by atoms with Crippen molar-refractivity contribution in [3.05, 3.63) is 29.8 Å². The van der Waals surface area contributed by atoms with Crippen molar-refractivity contribution in [1.82, 2.24) is 0 Å². The van der Waals surface area contributed by atoms with Crippen LogP contribution >= 0.6 is 0 Å². The number of ether oxygens (including phenoxy) is 1. The molecule has 0 fully saturated rings. The molecule has 0 saturated carbocycles. The monoisotopic (exact) mass is 186 g/mol. The van der Waals surface area contributed by atoms with E-state index in [4.69, 9.17) is 4.74 Å². The maximum atomic E-state index is 5.04. The van der Waals surface area contributed by atoms with Crippen LogP contribution in [0.3, 0.4) is 0 Å². The molecule has 0 unspecified atom stereocenters. The second kappa shape index (κ2) is 4.46. The first-order chi connectivity index (χ1) is 4.34. The first kappa shape index (κ1) is 9.64.